The van der Waals surface area contributed by atoms with Gasteiger partial charge in [-0.15, -0.1) is 24.0 Å². The average molecular weight is 378 g/mol. The van der Waals surface area contributed by atoms with E-state index in [9.17, 15) is 0 Å². The van der Waals surface area contributed by atoms with Crippen LogP contribution in [0, 0.1) is 0 Å². The highest BCUT2D eigenvalue weighted by Crippen LogP contribution is 2.06. The van der Waals surface area contributed by atoms with E-state index in [1.165, 1.54) is 0 Å². The van der Waals surface area contributed by atoms with Crippen molar-refractivity contribution >= 4 is 29.9 Å². The molecular weight excluding hydrogens is 355 g/mol. The molecule has 1 aromatic rings. The van der Waals surface area contributed by atoms with Crippen LogP contribution in [0.1, 0.15) is 25.8 Å². The zero-order chi connectivity index (χ0) is 13.4. The Bertz CT molecular complexity index is 381. The molecule has 0 saturated heterocycles. The molecule has 0 saturated carbocycles. The molecule has 1 heterocycles. The predicted octanol–water partition coefficient (Wildman–Crippen LogP) is 2.17. The molecule has 1 aromatic heterocycles. The molecule has 6 heteroatoms. The molecular formula is C13H23IN4O. The van der Waals surface area contributed by atoms with Crippen LogP contribution < -0.4 is 15.4 Å². The van der Waals surface area contributed by atoms with Gasteiger partial charge in [-0.05, 0) is 18.9 Å². The lowest BCUT2D eigenvalue weighted by Crippen LogP contribution is -2.41. The van der Waals surface area contributed by atoms with Gasteiger partial charge in [0.15, 0.2) is 5.96 Å². The third-order valence-electron chi connectivity index (χ3n) is 2.69. The molecule has 0 aliphatic carbocycles. The summed E-state index contributed by atoms with van der Waals surface area (Å²) in [6.45, 7) is 4.95. The van der Waals surface area contributed by atoms with Crippen molar-refractivity contribution in [1.82, 2.24) is 15.6 Å². The first-order valence-electron chi connectivity index (χ1n) is 6.15. The first-order chi connectivity index (χ1) is 8.69. The van der Waals surface area contributed by atoms with Gasteiger partial charge in [-0.25, -0.2) is 4.98 Å². The van der Waals surface area contributed by atoms with E-state index in [4.69, 9.17) is 4.74 Å². The van der Waals surface area contributed by atoms with Crippen LogP contribution in [0.15, 0.2) is 23.3 Å². The highest BCUT2D eigenvalue weighted by molar-refractivity contribution is 14.0. The molecule has 1 rings (SSSR count). The number of hydrogen-bond donors (Lipinski definition) is 2. The van der Waals surface area contributed by atoms with Crippen molar-refractivity contribution in [2.75, 3.05) is 14.2 Å². The topological polar surface area (TPSA) is 58.5 Å². The Morgan fingerprint density at radius 3 is 2.68 bits per heavy atom. The molecule has 0 spiro atoms. The van der Waals surface area contributed by atoms with Crippen molar-refractivity contribution in [3.05, 3.63) is 23.9 Å². The lowest BCUT2D eigenvalue weighted by Gasteiger charge is -2.16. The van der Waals surface area contributed by atoms with Crippen molar-refractivity contribution in [2.45, 2.75) is 32.9 Å². The van der Waals surface area contributed by atoms with E-state index in [0.29, 0.717) is 18.5 Å². The summed E-state index contributed by atoms with van der Waals surface area (Å²) in [5.41, 5.74) is 1.09. The molecule has 1 atom stereocenters. The van der Waals surface area contributed by atoms with E-state index >= 15 is 0 Å². The quantitative estimate of drug-likeness (QED) is 0.469. The number of methoxy groups -OCH3 is 1. The van der Waals surface area contributed by atoms with Crippen LogP contribution in [0.5, 0.6) is 5.88 Å². The first-order valence-corrected chi connectivity index (χ1v) is 6.15. The van der Waals surface area contributed by atoms with Gasteiger partial charge in [0.2, 0.25) is 5.88 Å². The molecule has 19 heavy (non-hydrogen) atoms. The number of rotatable bonds is 5. The van der Waals surface area contributed by atoms with Gasteiger partial charge in [-0.2, -0.15) is 0 Å². The Kier molecular flexibility index (Phi) is 9.28. The normalized spacial score (nSPS) is 12.3. The number of nitrogens with one attached hydrogen (secondary N) is 2. The molecule has 0 fully saturated rings. The minimum atomic E-state index is 0. The SMILES string of the molecule is CCC(C)NC(=NC)NCc1ccc(OC)nc1.I. The van der Waals surface area contributed by atoms with Crippen LogP contribution in [0.2, 0.25) is 0 Å². The summed E-state index contributed by atoms with van der Waals surface area (Å²) in [5.74, 6) is 1.43. The first kappa shape index (κ1) is 17.9. The minimum absolute atomic E-state index is 0. The number of aromatic nitrogens is 1. The van der Waals surface area contributed by atoms with E-state index < -0.39 is 0 Å². The number of ether oxygens (including phenoxy) is 1. The zero-order valence-corrected chi connectivity index (χ0v) is 14.3. The smallest absolute Gasteiger partial charge is 0.212 e. The van der Waals surface area contributed by atoms with Gasteiger partial charge < -0.3 is 15.4 Å². The Morgan fingerprint density at radius 2 is 2.21 bits per heavy atom. The number of hydrogen-bond acceptors (Lipinski definition) is 3. The Labute approximate surface area is 132 Å². The molecule has 0 bridgehead atoms. The molecule has 0 amide bonds. The second kappa shape index (κ2) is 9.82. The largest absolute Gasteiger partial charge is 0.481 e. The maximum atomic E-state index is 5.02. The van der Waals surface area contributed by atoms with Crippen LogP contribution in [-0.4, -0.2) is 31.1 Å². The maximum absolute atomic E-state index is 5.02. The fraction of sp³-hybridized carbons (Fsp3) is 0.538. The van der Waals surface area contributed by atoms with Crippen molar-refractivity contribution < 1.29 is 4.74 Å². The van der Waals surface area contributed by atoms with Crippen molar-refractivity contribution in [1.29, 1.82) is 0 Å². The van der Waals surface area contributed by atoms with Gasteiger partial charge in [0.25, 0.3) is 0 Å². The number of nitrogens with zero attached hydrogens (tertiary/aromatic N) is 2. The van der Waals surface area contributed by atoms with Gasteiger partial charge >= 0.3 is 0 Å². The summed E-state index contributed by atoms with van der Waals surface area (Å²) in [6, 6.07) is 4.24. The standard InChI is InChI=1S/C13H22N4O.HI/c1-5-10(2)17-13(14-3)16-9-11-6-7-12(18-4)15-8-11;/h6-8,10H,5,9H2,1-4H3,(H2,14,16,17);1H. The third kappa shape index (κ3) is 6.60. The molecule has 108 valence electrons. The summed E-state index contributed by atoms with van der Waals surface area (Å²) in [7, 11) is 3.38. The monoisotopic (exact) mass is 378 g/mol. The summed E-state index contributed by atoms with van der Waals surface area (Å²) in [5, 5.41) is 6.55. The molecule has 0 aliphatic rings. The van der Waals surface area contributed by atoms with Crippen molar-refractivity contribution in [2.24, 2.45) is 4.99 Å². The van der Waals surface area contributed by atoms with Gasteiger partial charge in [0.1, 0.15) is 0 Å². The molecule has 2 N–H and O–H groups in total. The summed E-state index contributed by atoms with van der Waals surface area (Å²) < 4.78 is 5.02. The summed E-state index contributed by atoms with van der Waals surface area (Å²) in [6.07, 6.45) is 2.85. The fourth-order valence-corrected chi connectivity index (χ4v) is 1.35. The highest BCUT2D eigenvalue weighted by atomic mass is 127. The number of pyridine rings is 1. The van der Waals surface area contributed by atoms with Crippen LogP contribution in [0.3, 0.4) is 0 Å². The Hall–Kier alpha value is -1.05. The number of guanidine groups is 1. The van der Waals surface area contributed by atoms with Crippen LogP contribution >= 0.6 is 24.0 Å². The molecule has 0 aliphatic heterocycles. The summed E-state index contributed by atoms with van der Waals surface area (Å²) >= 11 is 0. The third-order valence-corrected chi connectivity index (χ3v) is 2.69. The van der Waals surface area contributed by atoms with Gasteiger partial charge in [-0.3, -0.25) is 4.99 Å². The lowest BCUT2D eigenvalue weighted by atomic mass is 10.2. The van der Waals surface area contributed by atoms with Gasteiger partial charge in [-0.1, -0.05) is 13.0 Å². The molecule has 5 nitrogen and oxygen atoms in total. The van der Waals surface area contributed by atoms with E-state index in [2.05, 4.69) is 34.5 Å². The zero-order valence-electron chi connectivity index (χ0n) is 11.9. The van der Waals surface area contributed by atoms with E-state index in [-0.39, 0.29) is 24.0 Å². The number of aliphatic imine (C=N–C) groups is 1. The highest BCUT2D eigenvalue weighted by Gasteiger charge is 2.02. The average Bonchev–Trinajstić information content (AvgIpc) is 2.43. The van der Waals surface area contributed by atoms with Crippen LogP contribution in [0.4, 0.5) is 0 Å². The molecule has 0 radical (unpaired) electrons. The fourth-order valence-electron chi connectivity index (χ4n) is 1.35. The minimum Gasteiger partial charge on any atom is -0.481 e. The molecule has 0 aromatic carbocycles. The second-order valence-corrected chi connectivity index (χ2v) is 4.09. The summed E-state index contributed by atoms with van der Waals surface area (Å²) in [4.78, 5) is 8.33. The van der Waals surface area contributed by atoms with Crippen molar-refractivity contribution in [3.63, 3.8) is 0 Å². The number of halogens is 1. The maximum Gasteiger partial charge on any atom is 0.212 e. The van der Waals surface area contributed by atoms with Crippen LogP contribution in [0.25, 0.3) is 0 Å². The lowest BCUT2D eigenvalue weighted by molar-refractivity contribution is 0.397. The van der Waals surface area contributed by atoms with Crippen LogP contribution in [-0.2, 0) is 6.54 Å². The van der Waals surface area contributed by atoms with Gasteiger partial charge in [0.05, 0.1) is 7.11 Å². The van der Waals surface area contributed by atoms with Crippen molar-refractivity contribution in [3.8, 4) is 5.88 Å². The second-order valence-electron chi connectivity index (χ2n) is 4.09. The molecule has 1 unspecified atom stereocenters. The van der Waals surface area contributed by atoms with E-state index in [1.54, 1.807) is 20.4 Å². The van der Waals surface area contributed by atoms with Gasteiger partial charge in [0, 0.05) is 31.9 Å². The van der Waals surface area contributed by atoms with E-state index in [1.807, 2.05) is 12.1 Å². The Morgan fingerprint density at radius 1 is 1.47 bits per heavy atom. The van der Waals surface area contributed by atoms with E-state index in [0.717, 1.165) is 17.9 Å². The Balaban J connectivity index is 0.00000324. The predicted molar refractivity (Wildman–Crippen MR) is 89.3 cm³/mol.